The number of amides is 1. The van der Waals surface area contributed by atoms with Gasteiger partial charge in [0, 0.05) is 17.6 Å². The van der Waals surface area contributed by atoms with E-state index in [2.05, 4.69) is 12.2 Å². The Hall–Kier alpha value is -1.26. The molecular formula is C16H25ClN2O2. The maximum atomic E-state index is 12.2. The van der Waals surface area contributed by atoms with Crippen LogP contribution < -0.4 is 15.8 Å². The van der Waals surface area contributed by atoms with Gasteiger partial charge in [-0.3, -0.25) is 4.79 Å². The molecule has 1 aliphatic rings. The maximum absolute atomic E-state index is 12.2. The quantitative estimate of drug-likeness (QED) is 0.876. The topological polar surface area (TPSA) is 64.3 Å². The lowest BCUT2D eigenvalue weighted by atomic mass is 9.85. The Morgan fingerprint density at radius 1 is 1.33 bits per heavy atom. The lowest BCUT2D eigenvalue weighted by Crippen LogP contribution is -2.34. The summed E-state index contributed by atoms with van der Waals surface area (Å²) in [6.45, 7) is 2.79. The molecule has 1 aliphatic carbocycles. The fourth-order valence-corrected chi connectivity index (χ4v) is 2.56. The molecule has 1 saturated carbocycles. The maximum Gasteiger partial charge on any atom is 0.227 e. The first-order chi connectivity index (χ1) is 9.69. The van der Waals surface area contributed by atoms with Gasteiger partial charge < -0.3 is 15.8 Å². The highest BCUT2D eigenvalue weighted by Crippen LogP contribution is 2.25. The van der Waals surface area contributed by atoms with Gasteiger partial charge in [0.05, 0.1) is 6.61 Å². The normalized spacial score (nSPS) is 21.2. The predicted octanol–water partition coefficient (Wildman–Crippen LogP) is 3.35. The molecule has 1 aromatic rings. The molecule has 0 radical (unpaired) electrons. The minimum Gasteiger partial charge on any atom is -0.494 e. The molecule has 0 aromatic heterocycles. The van der Waals surface area contributed by atoms with Gasteiger partial charge in [-0.05, 0) is 49.9 Å². The van der Waals surface area contributed by atoms with Gasteiger partial charge in [0.1, 0.15) is 5.75 Å². The zero-order valence-electron chi connectivity index (χ0n) is 12.5. The largest absolute Gasteiger partial charge is 0.494 e. The third-order valence-corrected chi connectivity index (χ3v) is 3.68. The van der Waals surface area contributed by atoms with E-state index in [1.165, 1.54) is 0 Å². The summed E-state index contributed by atoms with van der Waals surface area (Å²) in [7, 11) is 0. The van der Waals surface area contributed by atoms with Gasteiger partial charge in [-0.25, -0.2) is 0 Å². The highest BCUT2D eigenvalue weighted by molar-refractivity contribution is 5.92. The van der Waals surface area contributed by atoms with Crippen LogP contribution in [0.4, 0.5) is 5.69 Å². The van der Waals surface area contributed by atoms with Crippen molar-refractivity contribution in [3.63, 3.8) is 0 Å². The number of hydrogen-bond acceptors (Lipinski definition) is 3. The van der Waals surface area contributed by atoms with Crippen LogP contribution in [0.3, 0.4) is 0 Å². The van der Waals surface area contributed by atoms with Crippen LogP contribution in [0.1, 0.15) is 39.0 Å². The van der Waals surface area contributed by atoms with Crippen molar-refractivity contribution < 1.29 is 9.53 Å². The number of ether oxygens (including phenoxy) is 1. The van der Waals surface area contributed by atoms with E-state index in [-0.39, 0.29) is 30.3 Å². The third kappa shape index (κ3) is 5.56. The summed E-state index contributed by atoms with van der Waals surface area (Å²) in [6, 6.07) is 7.71. The van der Waals surface area contributed by atoms with Crippen LogP contribution >= 0.6 is 12.4 Å². The van der Waals surface area contributed by atoms with Crippen LogP contribution in [0, 0.1) is 5.92 Å². The zero-order valence-corrected chi connectivity index (χ0v) is 13.3. The number of nitrogens with one attached hydrogen (secondary N) is 1. The molecule has 3 N–H and O–H groups in total. The van der Waals surface area contributed by atoms with E-state index in [1.807, 2.05) is 24.3 Å². The van der Waals surface area contributed by atoms with Crippen LogP contribution in [-0.2, 0) is 4.79 Å². The van der Waals surface area contributed by atoms with E-state index in [1.54, 1.807) is 0 Å². The average molecular weight is 313 g/mol. The Labute approximate surface area is 132 Å². The summed E-state index contributed by atoms with van der Waals surface area (Å²) < 4.78 is 5.52. The second-order valence-electron chi connectivity index (χ2n) is 5.49. The van der Waals surface area contributed by atoms with Crippen molar-refractivity contribution in [3.8, 4) is 5.75 Å². The van der Waals surface area contributed by atoms with Crippen LogP contribution in [0.2, 0.25) is 0 Å². The molecular weight excluding hydrogens is 288 g/mol. The number of halogens is 1. The van der Waals surface area contributed by atoms with Gasteiger partial charge in [-0.15, -0.1) is 12.4 Å². The van der Waals surface area contributed by atoms with Gasteiger partial charge in [0.15, 0.2) is 0 Å². The number of benzene rings is 1. The summed E-state index contributed by atoms with van der Waals surface area (Å²) in [5.74, 6) is 0.974. The molecule has 2 rings (SSSR count). The van der Waals surface area contributed by atoms with E-state index in [0.29, 0.717) is 6.61 Å². The molecule has 0 aliphatic heterocycles. The van der Waals surface area contributed by atoms with E-state index in [4.69, 9.17) is 10.5 Å². The summed E-state index contributed by atoms with van der Waals surface area (Å²) >= 11 is 0. The van der Waals surface area contributed by atoms with Crippen molar-refractivity contribution in [1.82, 2.24) is 0 Å². The highest BCUT2D eigenvalue weighted by atomic mass is 35.5. The molecule has 0 bridgehead atoms. The molecule has 5 heteroatoms. The summed E-state index contributed by atoms with van der Waals surface area (Å²) in [5.41, 5.74) is 6.74. The number of hydrogen-bond donors (Lipinski definition) is 2. The van der Waals surface area contributed by atoms with Crippen molar-refractivity contribution in [2.45, 2.75) is 45.1 Å². The second-order valence-corrected chi connectivity index (χ2v) is 5.49. The Morgan fingerprint density at radius 2 is 2.05 bits per heavy atom. The van der Waals surface area contributed by atoms with Crippen molar-refractivity contribution >= 4 is 24.0 Å². The number of nitrogens with two attached hydrogens (primary N) is 1. The molecule has 1 amide bonds. The molecule has 0 saturated heterocycles. The summed E-state index contributed by atoms with van der Waals surface area (Å²) in [6.07, 6.45) is 4.80. The van der Waals surface area contributed by atoms with Crippen molar-refractivity contribution in [3.05, 3.63) is 24.3 Å². The molecule has 0 heterocycles. The van der Waals surface area contributed by atoms with Crippen molar-refractivity contribution in [2.24, 2.45) is 11.7 Å². The van der Waals surface area contributed by atoms with E-state index < -0.39 is 0 Å². The Kier molecular flexibility index (Phi) is 7.54. The van der Waals surface area contributed by atoms with Crippen LogP contribution in [-0.4, -0.2) is 18.6 Å². The average Bonchev–Trinajstić information content (AvgIpc) is 2.46. The second kappa shape index (κ2) is 8.90. The number of anilines is 1. The fourth-order valence-electron chi connectivity index (χ4n) is 2.56. The zero-order chi connectivity index (χ0) is 14.4. The number of rotatable bonds is 5. The Balaban J connectivity index is 0.00000220. The van der Waals surface area contributed by atoms with Crippen molar-refractivity contribution in [1.29, 1.82) is 0 Å². The number of carbonyl (C=O) groups is 1. The molecule has 4 nitrogen and oxygen atoms in total. The first kappa shape index (κ1) is 17.8. The van der Waals surface area contributed by atoms with Gasteiger partial charge in [0.25, 0.3) is 0 Å². The monoisotopic (exact) mass is 312 g/mol. The molecule has 2 unspecified atom stereocenters. The number of carbonyl (C=O) groups excluding carboxylic acids is 1. The van der Waals surface area contributed by atoms with E-state index in [0.717, 1.165) is 43.5 Å². The first-order valence-electron chi connectivity index (χ1n) is 7.48. The molecule has 1 aromatic carbocycles. The van der Waals surface area contributed by atoms with Gasteiger partial charge >= 0.3 is 0 Å². The predicted molar refractivity (Wildman–Crippen MR) is 88.0 cm³/mol. The molecule has 2 atom stereocenters. The highest BCUT2D eigenvalue weighted by Gasteiger charge is 2.25. The smallest absolute Gasteiger partial charge is 0.227 e. The Morgan fingerprint density at radius 3 is 2.67 bits per heavy atom. The molecule has 1 fully saturated rings. The Bertz CT molecular complexity index is 436. The molecule has 21 heavy (non-hydrogen) atoms. The minimum absolute atomic E-state index is 0. The van der Waals surface area contributed by atoms with Crippen LogP contribution in [0.5, 0.6) is 5.75 Å². The molecule has 118 valence electrons. The lowest BCUT2D eigenvalue weighted by molar-refractivity contribution is -0.120. The van der Waals surface area contributed by atoms with E-state index in [9.17, 15) is 4.79 Å². The van der Waals surface area contributed by atoms with Gasteiger partial charge in [-0.2, -0.15) is 0 Å². The minimum atomic E-state index is 0. The fraction of sp³-hybridized carbons (Fsp3) is 0.562. The SMILES string of the molecule is CCCOc1ccc(NC(=O)C2CCCC(N)C2)cc1.Cl. The third-order valence-electron chi connectivity index (χ3n) is 3.68. The van der Waals surface area contributed by atoms with Crippen LogP contribution in [0.25, 0.3) is 0 Å². The lowest BCUT2D eigenvalue weighted by Gasteiger charge is -2.25. The van der Waals surface area contributed by atoms with Gasteiger partial charge in [-0.1, -0.05) is 13.3 Å². The molecule has 0 spiro atoms. The standard InChI is InChI=1S/C16H24N2O2.ClH/c1-2-10-20-15-8-6-14(7-9-15)18-16(19)12-4-3-5-13(17)11-12;/h6-9,12-13H,2-5,10-11,17H2,1H3,(H,18,19);1H. The first-order valence-corrected chi connectivity index (χ1v) is 7.48. The van der Waals surface area contributed by atoms with E-state index >= 15 is 0 Å². The summed E-state index contributed by atoms with van der Waals surface area (Å²) in [5, 5.41) is 2.97. The summed E-state index contributed by atoms with van der Waals surface area (Å²) in [4.78, 5) is 12.2. The van der Waals surface area contributed by atoms with Crippen molar-refractivity contribution in [2.75, 3.05) is 11.9 Å². The van der Waals surface area contributed by atoms with Gasteiger partial charge in [0.2, 0.25) is 5.91 Å². The van der Waals surface area contributed by atoms with Crippen LogP contribution in [0.15, 0.2) is 24.3 Å².